The van der Waals surface area contributed by atoms with E-state index >= 15 is 0 Å². The Labute approximate surface area is 102 Å². The molecule has 2 heterocycles. The maximum absolute atomic E-state index is 5.51. The highest BCUT2D eigenvalue weighted by atomic mass is 79.9. The first-order chi connectivity index (χ1) is 7.74. The van der Waals surface area contributed by atoms with Gasteiger partial charge in [0.1, 0.15) is 17.0 Å². The molecule has 0 saturated carbocycles. The monoisotopic (exact) mass is 285 g/mol. The number of aromatic nitrogens is 1. The Kier molecular flexibility index (Phi) is 3.61. The summed E-state index contributed by atoms with van der Waals surface area (Å²) >= 11 is 3.26. The number of amidine groups is 1. The highest BCUT2D eigenvalue weighted by Crippen LogP contribution is 2.14. The number of halogens is 1. The van der Waals surface area contributed by atoms with Gasteiger partial charge in [0, 0.05) is 6.42 Å². The third kappa shape index (κ3) is 3.10. The van der Waals surface area contributed by atoms with Crippen LogP contribution in [0.15, 0.2) is 27.9 Å². The van der Waals surface area contributed by atoms with E-state index in [9.17, 15) is 0 Å². The quantitative estimate of drug-likeness (QED) is 0.848. The molecule has 0 spiro atoms. The molecule has 1 aliphatic rings. The van der Waals surface area contributed by atoms with Crippen molar-refractivity contribution < 1.29 is 9.47 Å². The van der Waals surface area contributed by atoms with Crippen molar-refractivity contribution in [3.05, 3.63) is 22.9 Å². The van der Waals surface area contributed by atoms with Crippen molar-refractivity contribution in [1.82, 2.24) is 4.98 Å². The molecule has 0 aliphatic carbocycles. The first-order valence-electron chi connectivity index (χ1n) is 4.94. The lowest BCUT2D eigenvalue weighted by molar-refractivity contribution is 0.263. The molecule has 0 amide bonds. The molecule has 0 aromatic carbocycles. The molecule has 1 aliphatic heterocycles. The van der Waals surface area contributed by atoms with E-state index in [-0.39, 0.29) is 12.1 Å². The topological polar surface area (TPSA) is 69.7 Å². The fourth-order valence-electron chi connectivity index (χ4n) is 1.34. The smallest absolute Gasteiger partial charge is 0.282 e. The number of ether oxygens (including phenoxy) is 2. The third-order valence-corrected chi connectivity index (χ3v) is 2.62. The van der Waals surface area contributed by atoms with E-state index in [4.69, 9.17) is 15.2 Å². The van der Waals surface area contributed by atoms with E-state index in [0.717, 1.165) is 16.8 Å². The molecule has 5 nitrogen and oxygen atoms in total. The molecule has 1 aromatic heterocycles. The first kappa shape index (κ1) is 11.2. The minimum absolute atomic E-state index is 0.114. The van der Waals surface area contributed by atoms with Crippen LogP contribution >= 0.6 is 15.9 Å². The molecule has 0 radical (unpaired) electrons. The van der Waals surface area contributed by atoms with Gasteiger partial charge in [-0.3, -0.25) is 0 Å². The number of hydrogen-bond donors (Lipinski definition) is 1. The van der Waals surface area contributed by atoms with Crippen LogP contribution in [-0.4, -0.2) is 30.3 Å². The van der Waals surface area contributed by atoms with Gasteiger partial charge < -0.3 is 15.2 Å². The second-order valence-electron chi connectivity index (χ2n) is 3.39. The van der Waals surface area contributed by atoms with Gasteiger partial charge in [-0.2, -0.15) is 0 Å². The predicted octanol–water partition coefficient (Wildman–Crippen LogP) is 1.33. The van der Waals surface area contributed by atoms with E-state index < -0.39 is 0 Å². The predicted molar refractivity (Wildman–Crippen MR) is 63.4 cm³/mol. The lowest BCUT2D eigenvalue weighted by atomic mass is 10.2. The number of nitrogens with zero attached hydrogens (tertiary/aromatic N) is 2. The second-order valence-corrected chi connectivity index (χ2v) is 4.20. The Balaban J connectivity index is 1.74. The molecule has 0 saturated heterocycles. The van der Waals surface area contributed by atoms with Gasteiger partial charge in [-0.1, -0.05) is 0 Å². The van der Waals surface area contributed by atoms with Crippen LogP contribution in [0.5, 0.6) is 5.75 Å². The Hall–Kier alpha value is -1.30. The summed E-state index contributed by atoms with van der Waals surface area (Å²) in [4.78, 5) is 8.16. The van der Waals surface area contributed by atoms with Crippen LogP contribution in [0.1, 0.15) is 6.42 Å². The van der Waals surface area contributed by atoms with Crippen molar-refractivity contribution in [2.75, 3.05) is 13.2 Å². The first-order valence-corrected chi connectivity index (χ1v) is 5.74. The number of nitrogens with two attached hydrogens (primary N) is 1. The van der Waals surface area contributed by atoms with Crippen molar-refractivity contribution in [2.24, 2.45) is 10.7 Å². The molecule has 16 heavy (non-hydrogen) atoms. The van der Waals surface area contributed by atoms with E-state index in [1.807, 2.05) is 12.1 Å². The molecule has 6 heteroatoms. The van der Waals surface area contributed by atoms with Crippen LogP contribution in [0.4, 0.5) is 0 Å². The van der Waals surface area contributed by atoms with E-state index in [1.165, 1.54) is 0 Å². The average molecular weight is 286 g/mol. The molecule has 2 N–H and O–H groups in total. The maximum Gasteiger partial charge on any atom is 0.282 e. The van der Waals surface area contributed by atoms with Crippen molar-refractivity contribution in [2.45, 2.75) is 12.5 Å². The number of hydrogen-bond acceptors (Lipinski definition) is 5. The van der Waals surface area contributed by atoms with Crippen molar-refractivity contribution >= 4 is 22.0 Å². The molecule has 2 rings (SSSR count). The Morgan fingerprint density at radius 1 is 1.56 bits per heavy atom. The standard InChI is InChI=1S/C10H12BrN3O2/c11-9-2-1-8(5-13-9)15-4-3-7-6-16-10(12)14-7/h1-2,5,7H,3-4,6H2,(H2,12,14). The second kappa shape index (κ2) is 5.16. The zero-order chi connectivity index (χ0) is 11.4. The summed E-state index contributed by atoms with van der Waals surface area (Å²) in [5, 5.41) is 0. The van der Waals surface area contributed by atoms with Crippen LogP contribution in [0.2, 0.25) is 0 Å². The average Bonchev–Trinajstić information content (AvgIpc) is 2.67. The van der Waals surface area contributed by atoms with Crippen LogP contribution < -0.4 is 10.5 Å². The fraction of sp³-hybridized carbons (Fsp3) is 0.400. The summed E-state index contributed by atoms with van der Waals surface area (Å²) in [6.45, 7) is 1.13. The molecule has 86 valence electrons. The normalized spacial score (nSPS) is 19.1. The van der Waals surface area contributed by atoms with Crippen LogP contribution in [0, 0.1) is 0 Å². The fourth-order valence-corrected chi connectivity index (χ4v) is 1.58. The summed E-state index contributed by atoms with van der Waals surface area (Å²) in [7, 11) is 0. The van der Waals surface area contributed by atoms with Crippen molar-refractivity contribution in [3.8, 4) is 5.75 Å². The van der Waals surface area contributed by atoms with Crippen LogP contribution in [0.25, 0.3) is 0 Å². The molecule has 0 fully saturated rings. The lowest BCUT2D eigenvalue weighted by Crippen LogP contribution is -2.12. The maximum atomic E-state index is 5.51. The van der Waals surface area contributed by atoms with E-state index in [2.05, 4.69) is 25.9 Å². The number of rotatable bonds is 4. The van der Waals surface area contributed by atoms with Crippen LogP contribution in [0.3, 0.4) is 0 Å². The third-order valence-electron chi connectivity index (χ3n) is 2.15. The van der Waals surface area contributed by atoms with Gasteiger partial charge in [0.15, 0.2) is 0 Å². The lowest BCUT2D eigenvalue weighted by Gasteiger charge is -2.07. The van der Waals surface area contributed by atoms with Gasteiger partial charge in [-0.15, -0.1) is 0 Å². The summed E-state index contributed by atoms with van der Waals surface area (Å²) in [5.74, 6) is 0.749. The minimum atomic E-state index is 0.114. The van der Waals surface area contributed by atoms with Crippen molar-refractivity contribution in [1.29, 1.82) is 0 Å². The molecular weight excluding hydrogens is 274 g/mol. The largest absolute Gasteiger partial charge is 0.492 e. The zero-order valence-electron chi connectivity index (χ0n) is 8.60. The molecule has 1 unspecified atom stereocenters. The van der Waals surface area contributed by atoms with Gasteiger partial charge >= 0.3 is 0 Å². The molecule has 1 atom stereocenters. The van der Waals surface area contributed by atoms with Crippen LogP contribution in [-0.2, 0) is 4.74 Å². The SMILES string of the molecule is NC1=NC(CCOc2ccc(Br)nc2)CO1. The van der Waals surface area contributed by atoms with E-state index in [0.29, 0.717) is 13.2 Å². The Morgan fingerprint density at radius 3 is 3.06 bits per heavy atom. The Morgan fingerprint density at radius 2 is 2.44 bits per heavy atom. The summed E-state index contributed by atoms with van der Waals surface area (Å²) in [6.07, 6.45) is 2.46. The minimum Gasteiger partial charge on any atom is -0.492 e. The Bertz CT molecular complexity index is 380. The van der Waals surface area contributed by atoms with Crippen molar-refractivity contribution in [3.63, 3.8) is 0 Å². The number of pyridine rings is 1. The highest BCUT2D eigenvalue weighted by molar-refractivity contribution is 9.10. The van der Waals surface area contributed by atoms with E-state index in [1.54, 1.807) is 6.20 Å². The van der Waals surface area contributed by atoms with Gasteiger partial charge in [0.05, 0.1) is 18.8 Å². The number of aliphatic imine (C=N–C) groups is 1. The summed E-state index contributed by atoms with van der Waals surface area (Å²) in [5.41, 5.74) is 5.40. The summed E-state index contributed by atoms with van der Waals surface area (Å²) in [6, 6.07) is 4.09. The van der Waals surface area contributed by atoms with Gasteiger partial charge in [0.25, 0.3) is 6.02 Å². The van der Waals surface area contributed by atoms with Gasteiger partial charge in [0.2, 0.25) is 0 Å². The summed E-state index contributed by atoms with van der Waals surface area (Å²) < 4.78 is 11.3. The molecule has 1 aromatic rings. The van der Waals surface area contributed by atoms with Gasteiger partial charge in [-0.05, 0) is 28.1 Å². The zero-order valence-corrected chi connectivity index (χ0v) is 10.2. The highest BCUT2D eigenvalue weighted by Gasteiger charge is 2.16. The van der Waals surface area contributed by atoms with Gasteiger partial charge in [-0.25, -0.2) is 9.98 Å². The molecule has 0 bridgehead atoms. The molecular formula is C10H12BrN3O2.